The average Bonchev–Trinajstić information content (AvgIpc) is 2.55. The second kappa shape index (κ2) is 18.1. The molecule has 0 atom stereocenters. The fourth-order valence-corrected chi connectivity index (χ4v) is 0.359. The molecule has 0 bridgehead atoms. The van der Waals surface area contributed by atoms with Crippen molar-refractivity contribution in [1.82, 2.24) is 10.6 Å². The van der Waals surface area contributed by atoms with E-state index in [-0.39, 0.29) is 31.2 Å². The third kappa shape index (κ3) is 46.2. The molecule has 0 fully saturated rings. The number of nitrogens with two attached hydrogens (primary N) is 1. The fourth-order valence-electron chi connectivity index (χ4n) is 0.359. The van der Waals surface area contributed by atoms with E-state index in [0.29, 0.717) is 12.8 Å². The number of halogens is 1. The van der Waals surface area contributed by atoms with Crippen LogP contribution in [0.2, 0.25) is 0 Å². The predicted octanol–water partition coefficient (Wildman–Crippen LogP) is -4.21. The molecule has 0 aliphatic rings. The smallest absolute Gasteiger partial charge is 0.208 e. The van der Waals surface area contributed by atoms with Gasteiger partial charge in [-0.3, -0.25) is 9.59 Å². The highest BCUT2D eigenvalue weighted by molar-refractivity contribution is 5.49. The lowest BCUT2D eigenvalue weighted by atomic mass is 10.1. The van der Waals surface area contributed by atoms with Crippen LogP contribution in [0.25, 0.3) is 0 Å². The van der Waals surface area contributed by atoms with Gasteiger partial charge >= 0.3 is 0 Å². The minimum absolute atomic E-state index is 0. The van der Waals surface area contributed by atoms with Crippen molar-refractivity contribution in [3.8, 4) is 12.1 Å². The van der Waals surface area contributed by atoms with Gasteiger partial charge in [0.1, 0.15) is 16.6 Å². The standard InChI is InChI=1S/2C5H8N2O.2C4H11NO.ClH/c2*1-5(2,3-6)7-4-8;2*1-4(2,5)3-6;/h2*4H,1-2H3,(H,7,8);2*6H,3,5H2,1-2H3;1H. The zero-order valence-electron chi connectivity index (χ0n) is 18.8. The van der Waals surface area contributed by atoms with Crippen LogP contribution in [0.4, 0.5) is 0 Å². The molecule has 0 unspecified atom stereocenters. The van der Waals surface area contributed by atoms with E-state index in [1.165, 1.54) is 0 Å². The number of hydrogen-bond donors (Lipinski definition) is 6. The van der Waals surface area contributed by atoms with E-state index < -0.39 is 16.6 Å². The van der Waals surface area contributed by atoms with Gasteiger partial charge in [-0.15, -0.1) is 0 Å². The number of carbonyl (C=O) groups excluding carboxylic acids is 2. The molecule has 11 heteroatoms. The van der Waals surface area contributed by atoms with Gasteiger partial charge in [0.15, 0.2) is 0 Å². The Labute approximate surface area is 181 Å². The minimum atomic E-state index is -0.720. The van der Waals surface area contributed by atoms with Crippen LogP contribution in [0.5, 0.6) is 0 Å². The molecule has 2 amide bonds. The monoisotopic (exact) mass is 438 g/mol. The lowest BCUT2D eigenvalue weighted by Crippen LogP contribution is -3.00. The summed E-state index contributed by atoms with van der Waals surface area (Å²) in [6.45, 7) is 14.0. The quantitative estimate of drug-likeness (QED) is 0.225. The Hall–Kier alpha value is -1.95. The lowest BCUT2D eigenvalue weighted by molar-refractivity contribution is -0.471. The molecule has 10 nitrogen and oxygen atoms in total. The molecule has 0 radical (unpaired) electrons. The van der Waals surface area contributed by atoms with Crippen molar-refractivity contribution in [3.63, 3.8) is 0 Å². The molecule has 9 N–H and O–H groups in total. The summed E-state index contributed by atoms with van der Waals surface area (Å²) in [6, 6.07) is 3.80. The highest BCUT2D eigenvalue weighted by Gasteiger charge is 2.13. The first-order chi connectivity index (χ1) is 12.4. The van der Waals surface area contributed by atoms with Crippen LogP contribution in [0.1, 0.15) is 55.4 Å². The number of nitrogens with zero attached hydrogens (tertiary/aromatic N) is 2. The largest absolute Gasteiger partial charge is 1.00 e. The number of quaternary nitrogens is 1. The van der Waals surface area contributed by atoms with Crippen molar-refractivity contribution in [2.24, 2.45) is 5.73 Å². The van der Waals surface area contributed by atoms with Gasteiger partial charge in [0, 0.05) is 5.54 Å². The third-order valence-corrected chi connectivity index (χ3v) is 2.23. The van der Waals surface area contributed by atoms with Crippen LogP contribution in [-0.4, -0.2) is 58.4 Å². The minimum Gasteiger partial charge on any atom is -1.00 e. The number of nitrogens with one attached hydrogen (secondary N) is 2. The van der Waals surface area contributed by atoms with Crippen LogP contribution >= 0.6 is 0 Å². The van der Waals surface area contributed by atoms with Gasteiger partial charge in [-0.2, -0.15) is 10.5 Å². The molecular weight excluding hydrogens is 400 g/mol. The summed E-state index contributed by atoms with van der Waals surface area (Å²) in [5.74, 6) is 0. The van der Waals surface area contributed by atoms with Crippen molar-refractivity contribution in [3.05, 3.63) is 0 Å². The van der Waals surface area contributed by atoms with Crippen molar-refractivity contribution in [2.45, 2.75) is 77.5 Å². The SMILES string of the molecule is CC(C)(C#N)NC=O.CC(C)(C#N)NC=O.CC(C)(N)CO.CC(C)([NH3+])CO.[Cl-]. The maximum atomic E-state index is 9.72. The Morgan fingerprint density at radius 1 is 0.862 bits per heavy atom. The number of carbonyl (C=O) groups is 2. The summed E-state index contributed by atoms with van der Waals surface area (Å²) in [6.07, 6.45) is 1.03. The molecule has 0 aromatic carbocycles. The summed E-state index contributed by atoms with van der Waals surface area (Å²) < 4.78 is 0. The van der Waals surface area contributed by atoms with Gasteiger partial charge in [0.2, 0.25) is 12.8 Å². The van der Waals surface area contributed by atoms with Gasteiger partial charge < -0.3 is 44.7 Å². The first-order valence-corrected chi connectivity index (χ1v) is 8.48. The van der Waals surface area contributed by atoms with Crippen LogP contribution in [0, 0.1) is 22.7 Å². The van der Waals surface area contributed by atoms with Crippen LogP contribution in [0.15, 0.2) is 0 Å². The summed E-state index contributed by atoms with van der Waals surface area (Å²) >= 11 is 0. The highest BCUT2D eigenvalue weighted by Crippen LogP contribution is 1.95. The molecule has 0 heterocycles. The van der Waals surface area contributed by atoms with Crippen LogP contribution in [-0.2, 0) is 9.59 Å². The van der Waals surface area contributed by atoms with E-state index in [1.54, 1.807) is 41.5 Å². The van der Waals surface area contributed by atoms with Crippen LogP contribution < -0.4 is 34.5 Å². The van der Waals surface area contributed by atoms with Crippen molar-refractivity contribution < 1.29 is 37.9 Å². The second-order valence-corrected chi connectivity index (χ2v) is 8.47. The molecule has 172 valence electrons. The zero-order chi connectivity index (χ0) is 23.7. The maximum Gasteiger partial charge on any atom is 0.208 e. The third-order valence-electron chi connectivity index (χ3n) is 2.23. The molecule has 0 rings (SSSR count). The van der Waals surface area contributed by atoms with Crippen molar-refractivity contribution >= 4 is 12.8 Å². The first kappa shape index (κ1) is 37.8. The maximum absolute atomic E-state index is 9.72. The van der Waals surface area contributed by atoms with E-state index in [0.717, 1.165) is 0 Å². The number of nitriles is 2. The average molecular weight is 439 g/mol. The number of aliphatic hydroxyl groups is 2. The fraction of sp³-hybridized carbons (Fsp3) is 0.778. The molecular formula is C18H39ClN6O4. The molecule has 29 heavy (non-hydrogen) atoms. The van der Waals surface area contributed by atoms with Gasteiger partial charge in [-0.05, 0) is 55.4 Å². The number of amides is 2. The molecule has 0 aliphatic carbocycles. The molecule has 0 spiro atoms. The Balaban J connectivity index is -0.0000000881. The summed E-state index contributed by atoms with van der Waals surface area (Å²) in [5.41, 5.74) is 6.93. The lowest BCUT2D eigenvalue weighted by Gasteiger charge is -2.12. The van der Waals surface area contributed by atoms with Crippen LogP contribution in [0.3, 0.4) is 0 Å². The Morgan fingerprint density at radius 3 is 1.10 bits per heavy atom. The van der Waals surface area contributed by atoms with Gasteiger partial charge in [-0.1, -0.05) is 0 Å². The topological polar surface area (TPSA) is 200 Å². The Bertz CT molecular complexity index is 454. The zero-order valence-corrected chi connectivity index (χ0v) is 19.6. The summed E-state index contributed by atoms with van der Waals surface area (Å²) in [4.78, 5) is 19.4. The Kier molecular flexibility index (Phi) is 23.6. The molecule has 0 aromatic rings. The van der Waals surface area contributed by atoms with E-state index in [4.69, 9.17) is 26.5 Å². The normalized spacial score (nSPS) is 10.3. The van der Waals surface area contributed by atoms with E-state index in [2.05, 4.69) is 16.4 Å². The van der Waals surface area contributed by atoms with Crippen molar-refractivity contribution in [2.75, 3.05) is 13.2 Å². The van der Waals surface area contributed by atoms with Gasteiger partial charge in [0.05, 0.1) is 25.4 Å². The van der Waals surface area contributed by atoms with Gasteiger partial charge in [0.25, 0.3) is 0 Å². The first-order valence-electron chi connectivity index (χ1n) is 8.48. The van der Waals surface area contributed by atoms with Crippen molar-refractivity contribution in [1.29, 1.82) is 10.5 Å². The predicted molar refractivity (Wildman–Crippen MR) is 107 cm³/mol. The molecule has 0 saturated heterocycles. The van der Waals surface area contributed by atoms with E-state index in [1.807, 2.05) is 26.0 Å². The number of rotatable bonds is 6. The van der Waals surface area contributed by atoms with E-state index >= 15 is 0 Å². The molecule has 0 saturated carbocycles. The number of hydrogen-bond acceptors (Lipinski definition) is 7. The second-order valence-electron chi connectivity index (χ2n) is 8.47. The molecule has 0 aromatic heterocycles. The van der Waals surface area contributed by atoms with Gasteiger partial charge in [-0.25, -0.2) is 0 Å². The Morgan fingerprint density at radius 2 is 1.07 bits per heavy atom. The molecule has 0 aliphatic heterocycles. The number of aliphatic hydroxyl groups excluding tert-OH is 2. The summed E-state index contributed by atoms with van der Waals surface area (Å²) in [7, 11) is 0. The summed E-state index contributed by atoms with van der Waals surface area (Å²) in [5, 5.41) is 37.8. The van der Waals surface area contributed by atoms with E-state index in [9.17, 15) is 9.59 Å². The highest BCUT2D eigenvalue weighted by atomic mass is 35.5.